The molecule has 2 atom stereocenters. The van der Waals surface area contributed by atoms with Gasteiger partial charge in [-0.05, 0) is 6.42 Å². The first-order chi connectivity index (χ1) is 7.52. The number of hydrogen-bond acceptors (Lipinski definition) is 4. The molecule has 0 fully saturated rings. The van der Waals surface area contributed by atoms with E-state index < -0.39 is 24.0 Å². The first-order valence-corrected chi connectivity index (χ1v) is 5.42. The number of aliphatic carboxylic acids is 1. The third-order valence-corrected chi connectivity index (χ3v) is 2.24. The topological polar surface area (TPSA) is 113 Å². The lowest BCUT2D eigenvalue weighted by atomic mass is 10.1. The Kier molecular flexibility index (Phi) is 7.49. The number of hydrogen-bond donors (Lipinski definition) is 4. The lowest BCUT2D eigenvalue weighted by Crippen LogP contribution is -2.48. The average molecular weight is 232 g/mol. The maximum Gasteiger partial charge on any atom is 0.326 e. The molecule has 0 aliphatic heterocycles. The molecule has 6 heteroatoms. The minimum atomic E-state index is -1.16. The SMILES string of the molecule is CCCC[C@H](N)C(=O)N[C@@H](CCO)C(=O)O. The average Bonchev–Trinajstić information content (AvgIpc) is 2.24. The highest BCUT2D eigenvalue weighted by atomic mass is 16.4. The van der Waals surface area contributed by atoms with Crippen molar-refractivity contribution in [3.05, 3.63) is 0 Å². The molecule has 0 saturated heterocycles. The number of carbonyl (C=O) groups excluding carboxylic acids is 1. The highest BCUT2D eigenvalue weighted by molar-refractivity contribution is 5.86. The molecule has 0 rings (SSSR count). The monoisotopic (exact) mass is 232 g/mol. The van der Waals surface area contributed by atoms with Gasteiger partial charge in [-0.25, -0.2) is 4.79 Å². The Hall–Kier alpha value is -1.14. The Bertz CT molecular complexity index is 233. The van der Waals surface area contributed by atoms with Crippen LogP contribution >= 0.6 is 0 Å². The Balaban J connectivity index is 4.12. The molecule has 0 heterocycles. The highest BCUT2D eigenvalue weighted by Gasteiger charge is 2.22. The van der Waals surface area contributed by atoms with E-state index in [1.807, 2.05) is 6.92 Å². The molecule has 0 radical (unpaired) electrons. The summed E-state index contributed by atoms with van der Waals surface area (Å²) >= 11 is 0. The molecule has 16 heavy (non-hydrogen) atoms. The molecule has 0 aromatic carbocycles. The normalized spacial score (nSPS) is 14.2. The summed E-state index contributed by atoms with van der Waals surface area (Å²) in [6.45, 7) is 1.69. The summed E-state index contributed by atoms with van der Waals surface area (Å²) in [5, 5.41) is 19.7. The van der Waals surface area contributed by atoms with Crippen molar-refractivity contribution in [2.45, 2.75) is 44.7 Å². The van der Waals surface area contributed by atoms with Crippen LogP contribution in [0.15, 0.2) is 0 Å². The van der Waals surface area contributed by atoms with Crippen LogP contribution in [-0.4, -0.2) is 40.8 Å². The molecule has 6 nitrogen and oxygen atoms in total. The van der Waals surface area contributed by atoms with Gasteiger partial charge in [0, 0.05) is 13.0 Å². The van der Waals surface area contributed by atoms with Crippen molar-refractivity contribution in [2.24, 2.45) is 5.73 Å². The van der Waals surface area contributed by atoms with Crippen LogP contribution in [0.2, 0.25) is 0 Å². The van der Waals surface area contributed by atoms with Gasteiger partial charge in [-0.3, -0.25) is 4.79 Å². The number of carbonyl (C=O) groups is 2. The van der Waals surface area contributed by atoms with Crippen LogP contribution in [0.1, 0.15) is 32.6 Å². The maximum absolute atomic E-state index is 11.5. The van der Waals surface area contributed by atoms with E-state index in [-0.39, 0.29) is 13.0 Å². The van der Waals surface area contributed by atoms with E-state index >= 15 is 0 Å². The zero-order valence-corrected chi connectivity index (χ0v) is 9.48. The highest BCUT2D eigenvalue weighted by Crippen LogP contribution is 2.00. The summed E-state index contributed by atoms with van der Waals surface area (Å²) in [7, 11) is 0. The number of carboxylic acids is 1. The maximum atomic E-state index is 11.5. The third kappa shape index (κ3) is 5.67. The summed E-state index contributed by atoms with van der Waals surface area (Å²) in [6.07, 6.45) is 2.28. The second-order valence-corrected chi connectivity index (χ2v) is 3.66. The zero-order valence-electron chi connectivity index (χ0n) is 9.48. The van der Waals surface area contributed by atoms with Gasteiger partial charge in [0.15, 0.2) is 0 Å². The molecule has 0 unspecified atom stereocenters. The quantitative estimate of drug-likeness (QED) is 0.449. The molecule has 0 bridgehead atoms. The summed E-state index contributed by atoms with van der Waals surface area (Å²) in [6, 6.07) is -1.74. The molecule has 0 aromatic rings. The van der Waals surface area contributed by atoms with Gasteiger partial charge in [0.2, 0.25) is 5.91 Å². The molecule has 1 amide bonds. The van der Waals surface area contributed by atoms with Crippen molar-refractivity contribution in [2.75, 3.05) is 6.61 Å². The van der Waals surface area contributed by atoms with Crippen molar-refractivity contribution < 1.29 is 19.8 Å². The van der Waals surface area contributed by atoms with E-state index in [1.54, 1.807) is 0 Å². The smallest absolute Gasteiger partial charge is 0.326 e. The van der Waals surface area contributed by atoms with Gasteiger partial charge < -0.3 is 21.3 Å². The third-order valence-electron chi connectivity index (χ3n) is 2.24. The van der Waals surface area contributed by atoms with Crippen LogP contribution in [0.4, 0.5) is 0 Å². The van der Waals surface area contributed by atoms with Crippen LogP contribution in [0.25, 0.3) is 0 Å². The van der Waals surface area contributed by atoms with Gasteiger partial charge >= 0.3 is 5.97 Å². The Labute approximate surface area is 94.8 Å². The van der Waals surface area contributed by atoms with Gasteiger partial charge in [0.05, 0.1) is 6.04 Å². The number of nitrogens with one attached hydrogen (secondary N) is 1. The van der Waals surface area contributed by atoms with Crippen molar-refractivity contribution in [3.63, 3.8) is 0 Å². The number of nitrogens with two attached hydrogens (primary N) is 1. The predicted molar refractivity (Wildman–Crippen MR) is 58.8 cm³/mol. The Morgan fingerprint density at radius 3 is 2.44 bits per heavy atom. The summed E-state index contributed by atoms with van der Waals surface area (Å²) in [5.74, 6) is -1.64. The van der Waals surface area contributed by atoms with Crippen molar-refractivity contribution in [1.82, 2.24) is 5.32 Å². The lowest BCUT2D eigenvalue weighted by Gasteiger charge is -2.16. The number of aliphatic hydroxyl groups excluding tert-OH is 1. The zero-order chi connectivity index (χ0) is 12.6. The number of carboxylic acid groups (broad SMARTS) is 1. The number of unbranched alkanes of at least 4 members (excludes halogenated alkanes) is 1. The van der Waals surface area contributed by atoms with E-state index in [4.69, 9.17) is 15.9 Å². The van der Waals surface area contributed by atoms with Crippen LogP contribution in [0.3, 0.4) is 0 Å². The molecule has 0 spiro atoms. The molecule has 0 saturated carbocycles. The van der Waals surface area contributed by atoms with Crippen LogP contribution in [0, 0.1) is 0 Å². The van der Waals surface area contributed by atoms with Crippen LogP contribution in [-0.2, 0) is 9.59 Å². The van der Waals surface area contributed by atoms with E-state index in [0.717, 1.165) is 12.8 Å². The number of rotatable bonds is 8. The number of amides is 1. The van der Waals surface area contributed by atoms with E-state index in [9.17, 15) is 9.59 Å². The summed E-state index contributed by atoms with van der Waals surface area (Å²) < 4.78 is 0. The largest absolute Gasteiger partial charge is 0.480 e. The Morgan fingerprint density at radius 1 is 1.38 bits per heavy atom. The second kappa shape index (κ2) is 8.06. The van der Waals surface area contributed by atoms with Gasteiger partial charge in [-0.15, -0.1) is 0 Å². The van der Waals surface area contributed by atoms with Crippen LogP contribution in [0.5, 0.6) is 0 Å². The predicted octanol–water partition coefficient (Wildman–Crippen LogP) is -0.544. The molecule has 0 aliphatic rings. The van der Waals surface area contributed by atoms with Gasteiger partial charge in [0.1, 0.15) is 6.04 Å². The summed E-state index contributed by atoms with van der Waals surface area (Å²) in [4.78, 5) is 22.2. The first-order valence-electron chi connectivity index (χ1n) is 5.42. The fraction of sp³-hybridized carbons (Fsp3) is 0.800. The molecule has 5 N–H and O–H groups in total. The van der Waals surface area contributed by atoms with E-state index in [2.05, 4.69) is 5.32 Å². The minimum Gasteiger partial charge on any atom is -0.480 e. The van der Waals surface area contributed by atoms with Gasteiger partial charge in [-0.2, -0.15) is 0 Å². The van der Waals surface area contributed by atoms with Crippen molar-refractivity contribution in [1.29, 1.82) is 0 Å². The van der Waals surface area contributed by atoms with Crippen LogP contribution < -0.4 is 11.1 Å². The fourth-order valence-electron chi connectivity index (χ4n) is 1.22. The number of aliphatic hydroxyl groups is 1. The summed E-state index contributed by atoms with van der Waals surface area (Å²) in [5.41, 5.74) is 5.58. The standard InChI is InChI=1S/C10H20N2O4/c1-2-3-4-7(11)9(14)12-8(5-6-13)10(15)16/h7-8,13H,2-6,11H2,1H3,(H,12,14)(H,15,16)/t7-,8-/m0/s1. The molecular weight excluding hydrogens is 212 g/mol. The lowest BCUT2D eigenvalue weighted by molar-refractivity contribution is -0.142. The van der Waals surface area contributed by atoms with Gasteiger partial charge in [-0.1, -0.05) is 19.8 Å². The molecule has 0 aliphatic carbocycles. The minimum absolute atomic E-state index is 0.0123. The molecular formula is C10H20N2O4. The molecule has 94 valence electrons. The fourth-order valence-corrected chi connectivity index (χ4v) is 1.22. The Morgan fingerprint density at radius 2 is 2.00 bits per heavy atom. The van der Waals surface area contributed by atoms with E-state index in [0.29, 0.717) is 6.42 Å². The first kappa shape index (κ1) is 14.9. The second-order valence-electron chi connectivity index (χ2n) is 3.66. The van der Waals surface area contributed by atoms with E-state index in [1.165, 1.54) is 0 Å². The van der Waals surface area contributed by atoms with Crippen molar-refractivity contribution >= 4 is 11.9 Å². The van der Waals surface area contributed by atoms with Crippen molar-refractivity contribution in [3.8, 4) is 0 Å². The van der Waals surface area contributed by atoms with Gasteiger partial charge in [0.25, 0.3) is 0 Å². The molecule has 0 aromatic heterocycles.